The first-order chi connectivity index (χ1) is 14.2. The largest absolute Gasteiger partial charge is 0.416 e. The number of hydrogen-bond acceptors (Lipinski definition) is 4. The van der Waals surface area contributed by atoms with E-state index >= 15 is 0 Å². The molecule has 0 amide bonds. The summed E-state index contributed by atoms with van der Waals surface area (Å²) in [7, 11) is 1.64. The highest BCUT2D eigenvalue weighted by atomic mass is 19.4. The van der Waals surface area contributed by atoms with E-state index in [2.05, 4.69) is 15.5 Å². The number of halogens is 3. The predicted octanol–water partition coefficient (Wildman–Crippen LogP) is 5.88. The monoisotopic (exact) mass is 422 g/mol. The average Bonchev–Trinajstić information content (AvgIpc) is 2.74. The van der Waals surface area contributed by atoms with Gasteiger partial charge < -0.3 is 9.88 Å². The Morgan fingerprint density at radius 2 is 1.67 bits per heavy atom. The molecule has 30 heavy (non-hydrogen) atoms. The van der Waals surface area contributed by atoms with Crippen molar-refractivity contribution in [1.82, 2.24) is 14.8 Å². The standard InChI is InChI=1S/C18H17F3N4O.2C2H6/c1-10(12-5-4-6-13(9-12)18(19,20)21)22-17-14-7-8-15(26)25(3)16(14)11(2)23-24-17;2*1-2/h4-10H,1-3H3,(H,22,24);2*1-2H3. The van der Waals surface area contributed by atoms with Crippen LogP contribution in [0.4, 0.5) is 19.0 Å². The number of rotatable bonds is 3. The van der Waals surface area contributed by atoms with Crippen LogP contribution >= 0.6 is 0 Å². The highest BCUT2D eigenvalue weighted by Gasteiger charge is 2.30. The minimum absolute atomic E-state index is 0.175. The average molecular weight is 422 g/mol. The molecule has 3 rings (SSSR count). The zero-order valence-electron chi connectivity index (χ0n) is 18.4. The summed E-state index contributed by atoms with van der Waals surface area (Å²) in [5.74, 6) is 0.408. The van der Waals surface area contributed by atoms with Gasteiger partial charge in [0.25, 0.3) is 5.56 Å². The Balaban J connectivity index is 0.00000106. The van der Waals surface area contributed by atoms with Crippen LogP contribution in [0, 0.1) is 6.92 Å². The molecule has 8 heteroatoms. The van der Waals surface area contributed by atoms with Crippen LogP contribution in [0.25, 0.3) is 10.9 Å². The fraction of sp³-hybridized carbons (Fsp3) is 0.409. The number of aryl methyl sites for hydroxylation is 2. The van der Waals surface area contributed by atoms with Crippen molar-refractivity contribution in [3.8, 4) is 0 Å². The van der Waals surface area contributed by atoms with Crippen LogP contribution in [-0.2, 0) is 13.2 Å². The molecule has 0 aliphatic carbocycles. The molecule has 0 saturated heterocycles. The Labute approximate surface area is 175 Å². The second kappa shape index (κ2) is 10.8. The summed E-state index contributed by atoms with van der Waals surface area (Å²) < 4.78 is 40.2. The quantitative estimate of drug-likeness (QED) is 0.572. The topological polar surface area (TPSA) is 59.8 Å². The van der Waals surface area contributed by atoms with Gasteiger partial charge >= 0.3 is 6.18 Å². The Morgan fingerprint density at radius 3 is 2.27 bits per heavy atom. The molecule has 0 bridgehead atoms. The summed E-state index contributed by atoms with van der Waals surface area (Å²) in [6.45, 7) is 11.5. The third-order valence-corrected chi connectivity index (χ3v) is 4.28. The smallest absolute Gasteiger partial charge is 0.361 e. The number of alkyl halides is 3. The molecule has 0 aliphatic rings. The summed E-state index contributed by atoms with van der Waals surface area (Å²) in [6, 6.07) is 7.76. The van der Waals surface area contributed by atoms with Gasteiger partial charge in [0, 0.05) is 18.5 Å². The molecule has 164 valence electrons. The Bertz CT molecular complexity index is 1030. The minimum atomic E-state index is -4.40. The molecule has 0 saturated carbocycles. The van der Waals surface area contributed by atoms with Crippen molar-refractivity contribution in [3.63, 3.8) is 0 Å². The van der Waals surface area contributed by atoms with Gasteiger partial charge in [-0.25, -0.2) is 0 Å². The third kappa shape index (κ3) is 5.58. The number of hydrogen-bond donors (Lipinski definition) is 1. The molecule has 5 nitrogen and oxygen atoms in total. The van der Waals surface area contributed by atoms with Gasteiger partial charge in [-0.2, -0.15) is 18.3 Å². The van der Waals surface area contributed by atoms with Gasteiger partial charge in [0.05, 0.1) is 22.8 Å². The summed E-state index contributed by atoms with van der Waals surface area (Å²) >= 11 is 0. The molecule has 1 aromatic carbocycles. The lowest BCUT2D eigenvalue weighted by Crippen LogP contribution is -2.18. The van der Waals surface area contributed by atoms with Crippen LogP contribution in [0.1, 0.15) is 57.5 Å². The molecule has 0 aliphatic heterocycles. The van der Waals surface area contributed by atoms with Gasteiger partial charge in [0.1, 0.15) is 0 Å². The highest BCUT2D eigenvalue weighted by molar-refractivity contribution is 5.90. The SMILES string of the molecule is CC.CC.Cc1nnc(NC(C)c2cccc(C(F)(F)F)c2)c2ccc(=O)n(C)c12. The van der Waals surface area contributed by atoms with Crippen molar-refractivity contribution in [2.24, 2.45) is 7.05 Å². The van der Waals surface area contributed by atoms with Crippen LogP contribution in [0.3, 0.4) is 0 Å². The first-order valence-electron chi connectivity index (χ1n) is 9.95. The van der Waals surface area contributed by atoms with Gasteiger partial charge in [-0.05, 0) is 37.6 Å². The third-order valence-electron chi connectivity index (χ3n) is 4.28. The second-order valence-corrected chi connectivity index (χ2v) is 6.12. The summed E-state index contributed by atoms with van der Waals surface area (Å²) in [5.41, 5.74) is 0.820. The molecule has 0 spiro atoms. The number of aromatic nitrogens is 3. The van der Waals surface area contributed by atoms with Crippen molar-refractivity contribution in [2.75, 3.05) is 5.32 Å². The van der Waals surface area contributed by atoms with E-state index in [0.29, 0.717) is 28.0 Å². The van der Waals surface area contributed by atoms with E-state index in [9.17, 15) is 18.0 Å². The van der Waals surface area contributed by atoms with E-state index in [-0.39, 0.29) is 5.56 Å². The Morgan fingerprint density at radius 1 is 1.03 bits per heavy atom. The number of benzene rings is 1. The van der Waals surface area contributed by atoms with Crippen LogP contribution in [0.2, 0.25) is 0 Å². The number of pyridine rings is 1. The highest BCUT2D eigenvalue weighted by Crippen LogP contribution is 2.32. The van der Waals surface area contributed by atoms with Crippen LogP contribution < -0.4 is 10.9 Å². The number of fused-ring (bicyclic) bond motifs is 1. The van der Waals surface area contributed by atoms with Gasteiger partial charge in [-0.3, -0.25) is 4.79 Å². The molecule has 2 aromatic heterocycles. The maximum absolute atomic E-state index is 12.9. The van der Waals surface area contributed by atoms with Gasteiger partial charge in [-0.1, -0.05) is 39.8 Å². The lowest BCUT2D eigenvalue weighted by atomic mass is 10.0. The van der Waals surface area contributed by atoms with Crippen molar-refractivity contribution in [3.05, 3.63) is 63.6 Å². The Hall–Kier alpha value is -2.90. The minimum Gasteiger partial charge on any atom is -0.361 e. The van der Waals surface area contributed by atoms with Crippen LogP contribution in [-0.4, -0.2) is 14.8 Å². The molecule has 1 atom stereocenters. The van der Waals surface area contributed by atoms with Crippen molar-refractivity contribution in [2.45, 2.75) is 53.8 Å². The molecular weight excluding hydrogens is 393 g/mol. The molecule has 2 heterocycles. The lowest BCUT2D eigenvalue weighted by Gasteiger charge is -2.18. The summed E-state index contributed by atoms with van der Waals surface area (Å²) in [5, 5.41) is 12.0. The maximum Gasteiger partial charge on any atom is 0.416 e. The van der Waals surface area contributed by atoms with Crippen molar-refractivity contribution in [1.29, 1.82) is 0 Å². The van der Waals surface area contributed by atoms with Crippen LogP contribution in [0.5, 0.6) is 0 Å². The second-order valence-electron chi connectivity index (χ2n) is 6.12. The van der Waals surface area contributed by atoms with E-state index < -0.39 is 17.8 Å². The molecule has 0 fully saturated rings. The summed E-state index contributed by atoms with van der Waals surface area (Å²) in [6.07, 6.45) is -4.40. The number of nitrogens with one attached hydrogen (secondary N) is 1. The molecule has 1 N–H and O–H groups in total. The van der Waals surface area contributed by atoms with Gasteiger partial charge in [-0.15, -0.1) is 5.10 Å². The lowest BCUT2D eigenvalue weighted by molar-refractivity contribution is -0.137. The van der Waals surface area contributed by atoms with E-state index in [1.165, 1.54) is 16.7 Å². The number of nitrogens with zero attached hydrogens (tertiary/aromatic N) is 3. The van der Waals surface area contributed by atoms with E-state index in [1.54, 1.807) is 33.0 Å². The van der Waals surface area contributed by atoms with Crippen molar-refractivity contribution < 1.29 is 13.2 Å². The van der Waals surface area contributed by atoms with Crippen molar-refractivity contribution >= 4 is 16.7 Å². The van der Waals surface area contributed by atoms with E-state index in [4.69, 9.17) is 0 Å². The first-order valence-corrected chi connectivity index (χ1v) is 9.95. The maximum atomic E-state index is 12.9. The van der Waals surface area contributed by atoms with E-state index in [1.807, 2.05) is 27.7 Å². The molecule has 3 aromatic rings. The first kappa shape index (κ1) is 25.1. The fourth-order valence-corrected chi connectivity index (χ4v) is 2.87. The Kier molecular flexibility index (Phi) is 9.01. The summed E-state index contributed by atoms with van der Waals surface area (Å²) in [4.78, 5) is 11.9. The van der Waals surface area contributed by atoms with E-state index in [0.717, 1.165) is 12.1 Å². The molecular formula is C22H29F3N4O. The van der Waals surface area contributed by atoms with Gasteiger partial charge in [0.2, 0.25) is 0 Å². The zero-order chi connectivity index (χ0) is 23.1. The normalized spacial score (nSPS) is 11.7. The van der Waals surface area contributed by atoms with Crippen LogP contribution in [0.15, 0.2) is 41.2 Å². The number of anilines is 1. The molecule has 0 radical (unpaired) electrons. The zero-order valence-corrected chi connectivity index (χ0v) is 18.4. The molecule has 1 unspecified atom stereocenters. The van der Waals surface area contributed by atoms with Gasteiger partial charge in [0.15, 0.2) is 5.82 Å². The predicted molar refractivity (Wildman–Crippen MR) is 116 cm³/mol. The fourth-order valence-electron chi connectivity index (χ4n) is 2.87.